The highest BCUT2D eigenvalue weighted by molar-refractivity contribution is 7.99. The van der Waals surface area contributed by atoms with Crippen LogP contribution in [0.5, 0.6) is 0 Å². The first-order chi connectivity index (χ1) is 10.4. The molecule has 0 aromatic heterocycles. The first kappa shape index (κ1) is 15.3. The molecule has 2 heterocycles. The summed E-state index contributed by atoms with van der Waals surface area (Å²) >= 11 is 2.01. The first-order valence-corrected chi connectivity index (χ1v) is 9.13. The van der Waals surface area contributed by atoms with Gasteiger partial charge in [-0.3, -0.25) is 9.80 Å². The summed E-state index contributed by atoms with van der Waals surface area (Å²) < 4.78 is 5.44. The van der Waals surface area contributed by atoms with Gasteiger partial charge in [-0.15, -0.1) is 11.8 Å². The Labute approximate surface area is 132 Å². The second kappa shape index (κ2) is 7.63. The number of ether oxygens (including phenoxy) is 1. The molecule has 4 heteroatoms. The maximum Gasteiger partial charge on any atom is 0.0594 e. The Kier molecular flexibility index (Phi) is 5.58. The highest BCUT2D eigenvalue weighted by Crippen LogP contribution is 2.38. The average molecular weight is 306 g/mol. The van der Waals surface area contributed by atoms with Crippen molar-refractivity contribution in [3.63, 3.8) is 0 Å². The quantitative estimate of drug-likeness (QED) is 0.831. The number of morpholine rings is 1. The smallest absolute Gasteiger partial charge is 0.0594 e. The zero-order chi connectivity index (χ0) is 14.5. The van der Waals surface area contributed by atoms with Gasteiger partial charge in [-0.2, -0.15) is 0 Å². The lowest BCUT2D eigenvalue weighted by Crippen LogP contribution is -2.42. The van der Waals surface area contributed by atoms with Crippen molar-refractivity contribution in [2.45, 2.75) is 24.3 Å². The van der Waals surface area contributed by atoms with E-state index < -0.39 is 0 Å². The van der Waals surface area contributed by atoms with Gasteiger partial charge in [-0.25, -0.2) is 0 Å². The van der Waals surface area contributed by atoms with E-state index in [1.54, 1.807) is 0 Å². The minimum atomic E-state index is 0.605. The zero-order valence-electron chi connectivity index (χ0n) is 13.0. The SMILES string of the molecule is CCN(CCN1CCOCC1)C1CCSc2ccccc21. The predicted molar refractivity (Wildman–Crippen MR) is 89.0 cm³/mol. The van der Waals surface area contributed by atoms with Crippen molar-refractivity contribution in [2.75, 3.05) is 51.7 Å². The Morgan fingerprint density at radius 2 is 2.10 bits per heavy atom. The van der Waals surface area contributed by atoms with Crippen LogP contribution < -0.4 is 0 Å². The minimum absolute atomic E-state index is 0.605. The van der Waals surface area contributed by atoms with Crippen molar-refractivity contribution in [1.82, 2.24) is 9.80 Å². The number of fused-ring (bicyclic) bond motifs is 1. The van der Waals surface area contributed by atoms with Crippen molar-refractivity contribution in [3.8, 4) is 0 Å². The van der Waals surface area contributed by atoms with Gasteiger partial charge in [0.15, 0.2) is 0 Å². The largest absolute Gasteiger partial charge is 0.379 e. The van der Waals surface area contributed by atoms with Gasteiger partial charge in [0.1, 0.15) is 0 Å². The molecule has 0 amide bonds. The standard InChI is InChI=1S/C17H26N2OS/c1-2-19(9-8-18-10-12-20-13-11-18)16-7-14-21-17-6-4-3-5-15(16)17/h3-6,16H,2,7-14H2,1H3. The summed E-state index contributed by atoms with van der Waals surface area (Å²) in [7, 11) is 0. The second-order valence-electron chi connectivity index (χ2n) is 5.77. The summed E-state index contributed by atoms with van der Waals surface area (Å²) in [5.74, 6) is 1.25. The fourth-order valence-corrected chi connectivity index (χ4v) is 4.44. The average Bonchev–Trinajstić information content (AvgIpc) is 2.56. The van der Waals surface area contributed by atoms with Gasteiger partial charge in [0, 0.05) is 37.1 Å². The Hall–Kier alpha value is -0.550. The van der Waals surface area contributed by atoms with Gasteiger partial charge in [0.05, 0.1) is 13.2 Å². The van der Waals surface area contributed by atoms with Crippen molar-refractivity contribution < 1.29 is 4.74 Å². The number of benzene rings is 1. The molecule has 0 radical (unpaired) electrons. The van der Waals surface area contributed by atoms with Gasteiger partial charge in [-0.1, -0.05) is 25.1 Å². The lowest BCUT2D eigenvalue weighted by atomic mass is 10.0. The van der Waals surface area contributed by atoms with Crippen LogP contribution in [0.1, 0.15) is 24.9 Å². The Morgan fingerprint density at radius 3 is 2.90 bits per heavy atom. The van der Waals surface area contributed by atoms with Crippen LogP contribution in [0.15, 0.2) is 29.2 Å². The van der Waals surface area contributed by atoms with Crippen LogP contribution in [0, 0.1) is 0 Å². The summed E-state index contributed by atoms with van der Waals surface area (Å²) in [6, 6.07) is 9.56. The van der Waals surface area contributed by atoms with Crippen LogP contribution >= 0.6 is 11.8 Å². The predicted octanol–water partition coefficient (Wildman–Crippen LogP) is 2.88. The molecule has 0 bridgehead atoms. The van der Waals surface area contributed by atoms with E-state index in [1.165, 1.54) is 35.7 Å². The number of hydrogen-bond acceptors (Lipinski definition) is 4. The number of nitrogens with zero attached hydrogens (tertiary/aromatic N) is 2. The molecule has 0 aliphatic carbocycles. The fourth-order valence-electron chi connectivity index (χ4n) is 3.33. The molecule has 0 saturated carbocycles. The molecule has 1 aromatic carbocycles. The summed E-state index contributed by atoms with van der Waals surface area (Å²) in [5.41, 5.74) is 1.54. The molecule has 2 aliphatic heterocycles. The molecule has 1 unspecified atom stereocenters. The Morgan fingerprint density at radius 1 is 1.29 bits per heavy atom. The molecule has 1 atom stereocenters. The van der Waals surface area contributed by atoms with Crippen molar-refractivity contribution >= 4 is 11.8 Å². The van der Waals surface area contributed by atoms with E-state index in [-0.39, 0.29) is 0 Å². The van der Waals surface area contributed by atoms with Gasteiger partial charge in [-0.05, 0) is 30.3 Å². The van der Waals surface area contributed by atoms with Crippen LogP contribution in [0.3, 0.4) is 0 Å². The molecular weight excluding hydrogens is 280 g/mol. The third kappa shape index (κ3) is 3.81. The van der Waals surface area contributed by atoms with Crippen molar-refractivity contribution in [2.24, 2.45) is 0 Å². The zero-order valence-corrected chi connectivity index (χ0v) is 13.8. The van der Waals surface area contributed by atoms with Crippen LogP contribution in [-0.2, 0) is 4.74 Å². The van der Waals surface area contributed by atoms with Crippen LogP contribution in [0.4, 0.5) is 0 Å². The number of hydrogen-bond donors (Lipinski definition) is 0. The Balaban J connectivity index is 1.63. The molecule has 1 aromatic rings. The van der Waals surface area contributed by atoms with Gasteiger partial charge in [0.2, 0.25) is 0 Å². The monoisotopic (exact) mass is 306 g/mol. The molecule has 3 nitrogen and oxygen atoms in total. The summed E-state index contributed by atoms with van der Waals surface area (Å²) in [6.45, 7) is 9.74. The second-order valence-corrected chi connectivity index (χ2v) is 6.91. The molecule has 2 aliphatic rings. The number of likely N-dealkylation sites (N-methyl/N-ethyl adjacent to an activating group) is 1. The molecule has 3 rings (SSSR count). The van der Waals surface area contributed by atoms with Crippen LogP contribution in [0.25, 0.3) is 0 Å². The highest BCUT2D eigenvalue weighted by Gasteiger charge is 2.25. The molecule has 0 N–H and O–H groups in total. The molecule has 116 valence electrons. The van der Waals surface area contributed by atoms with Gasteiger partial charge < -0.3 is 4.74 Å². The maximum absolute atomic E-state index is 5.44. The van der Waals surface area contributed by atoms with Crippen molar-refractivity contribution in [3.05, 3.63) is 29.8 Å². The van der Waals surface area contributed by atoms with E-state index in [2.05, 4.69) is 41.0 Å². The third-order valence-corrected chi connectivity index (χ3v) is 5.70. The third-order valence-electron chi connectivity index (χ3n) is 4.58. The highest BCUT2D eigenvalue weighted by atomic mass is 32.2. The molecule has 1 saturated heterocycles. The normalized spacial score (nSPS) is 23.2. The summed E-state index contributed by atoms with van der Waals surface area (Å²) in [5, 5.41) is 0. The molecule has 21 heavy (non-hydrogen) atoms. The van der Waals surface area contributed by atoms with E-state index >= 15 is 0 Å². The van der Waals surface area contributed by atoms with E-state index in [4.69, 9.17) is 4.74 Å². The topological polar surface area (TPSA) is 15.7 Å². The maximum atomic E-state index is 5.44. The molecular formula is C17H26N2OS. The van der Waals surface area contributed by atoms with Gasteiger partial charge in [0.25, 0.3) is 0 Å². The summed E-state index contributed by atoms with van der Waals surface area (Å²) in [6.07, 6.45) is 1.28. The lowest BCUT2D eigenvalue weighted by Gasteiger charge is -2.36. The van der Waals surface area contributed by atoms with E-state index in [0.717, 1.165) is 32.8 Å². The minimum Gasteiger partial charge on any atom is -0.379 e. The summed E-state index contributed by atoms with van der Waals surface area (Å²) in [4.78, 5) is 6.68. The lowest BCUT2D eigenvalue weighted by molar-refractivity contribution is 0.0308. The van der Waals surface area contributed by atoms with Gasteiger partial charge >= 0.3 is 0 Å². The number of thioether (sulfide) groups is 1. The molecule has 0 spiro atoms. The van der Waals surface area contributed by atoms with Crippen LogP contribution in [0.2, 0.25) is 0 Å². The van der Waals surface area contributed by atoms with E-state index in [1.807, 2.05) is 11.8 Å². The Bertz CT molecular complexity index is 448. The van der Waals surface area contributed by atoms with Crippen LogP contribution in [-0.4, -0.2) is 61.5 Å². The molecule has 1 fully saturated rings. The van der Waals surface area contributed by atoms with Crippen molar-refractivity contribution in [1.29, 1.82) is 0 Å². The fraction of sp³-hybridized carbons (Fsp3) is 0.647. The van der Waals surface area contributed by atoms with E-state index in [9.17, 15) is 0 Å². The number of rotatable bonds is 5. The first-order valence-electron chi connectivity index (χ1n) is 8.14. The van der Waals surface area contributed by atoms with E-state index in [0.29, 0.717) is 6.04 Å².